The van der Waals surface area contributed by atoms with Crippen LogP contribution in [0.5, 0.6) is 5.75 Å². The van der Waals surface area contributed by atoms with Gasteiger partial charge in [0.1, 0.15) is 12.4 Å². The molecule has 0 amide bonds. The number of nitrogens with two attached hydrogens (primary N) is 1. The third-order valence-electron chi connectivity index (χ3n) is 2.80. The Bertz CT molecular complexity index is 315. The second-order valence-electron chi connectivity index (χ2n) is 4.13. The monoisotopic (exact) mass is 236 g/mol. The first-order chi connectivity index (χ1) is 8.30. The van der Waals surface area contributed by atoms with Gasteiger partial charge >= 0.3 is 0 Å². The van der Waals surface area contributed by atoms with E-state index >= 15 is 0 Å². The molecular formula is C14H24N2O. The highest BCUT2D eigenvalue weighted by atomic mass is 16.5. The van der Waals surface area contributed by atoms with Gasteiger partial charge < -0.3 is 15.4 Å². The van der Waals surface area contributed by atoms with E-state index in [2.05, 4.69) is 18.7 Å². The molecular weight excluding hydrogens is 212 g/mol. The summed E-state index contributed by atoms with van der Waals surface area (Å²) in [6, 6.07) is 7.99. The van der Waals surface area contributed by atoms with E-state index in [9.17, 15) is 0 Å². The van der Waals surface area contributed by atoms with E-state index in [1.807, 2.05) is 24.3 Å². The minimum absolute atomic E-state index is 0.564. The van der Waals surface area contributed by atoms with Crippen molar-refractivity contribution in [2.45, 2.75) is 26.8 Å². The highest BCUT2D eigenvalue weighted by Crippen LogP contribution is 2.12. The van der Waals surface area contributed by atoms with Gasteiger partial charge in [0, 0.05) is 13.1 Å². The maximum atomic E-state index is 5.73. The van der Waals surface area contributed by atoms with Crippen LogP contribution in [0.25, 0.3) is 0 Å². The zero-order valence-electron chi connectivity index (χ0n) is 11.0. The van der Waals surface area contributed by atoms with Crippen molar-refractivity contribution in [2.24, 2.45) is 5.73 Å². The Kier molecular flexibility index (Phi) is 6.67. The molecule has 3 heteroatoms. The normalized spacial score (nSPS) is 10.8. The van der Waals surface area contributed by atoms with Gasteiger partial charge in [-0.25, -0.2) is 0 Å². The molecule has 1 aromatic carbocycles. The van der Waals surface area contributed by atoms with Crippen LogP contribution in [0.1, 0.15) is 25.8 Å². The Balaban J connectivity index is 2.34. The van der Waals surface area contributed by atoms with Crippen molar-refractivity contribution in [3.05, 3.63) is 29.8 Å². The zero-order chi connectivity index (χ0) is 12.5. The molecule has 0 aliphatic heterocycles. The molecule has 0 saturated heterocycles. The number of likely N-dealkylation sites (N-methyl/N-ethyl adjacent to an activating group) is 1. The van der Waals surface area contributed by atoms with Crippen molar-refractivity contribution in [1.82, 2.24) is 4.90 Å². The van der Waals surface area contributed by atoms with Gasteiger partial charge in [-0.05, 0) is 37.2 Å². The van der Waals surface area contributed by atoms with Crippen LogP contribution in [-0.2, 0) is 6.54 Å². The van der Waals surface area contributed by atoms with Crippen LogP contribution in [0.15, 0.2) is 24.3 Å². The number of benzene rings is 1. The van der Waals surface area contributed by atoms with Crippen LogP contribution in [0.2, 0.25) is 0 Å². The molecule has 0 bridgehead atoms. The molecule has 0 heterocycles. The molecule has 3 nitrogen and oxygen atoms in total. The molecule has 0 aliphatic rings. The van der Waals surface area contributed by atoms with E-state index in [-0.39, 0.29) is 0 Å². The highest BCUT2D eigenvalue weighted by Gasteiger charge is 2.01. The maximum Gasteiger partial charge on any atom is 0.119 e. The molecule has 0 fully saturated rings. The predicted molar refractivity (Wildman–Crippen MR) is 72.2 cm³/mol. The summed E-state index contributed by atoms with van der Waals surface area (Å²) in [6.45, 7) is 8.90. The first-order valence-electron chi connectivity index (χ1n) is 6.44. The van der Waals surface area contributed by atoms with E-state index in [0.717, 1.165) is 37.6 Å². The summed E-state index contributed by atoms with van der Waals surface area (Å²) in [4.78, 5) is 2.40. The minimum Gasteiger partial charge on any atom is -0.492 e. The topological polar surface area (TPSA) is 38.5 Å². The second-order valence-corrected chi connectivity index (χ2v) is 4.13. The molecule has 96 valence electrons. The first-order valence-corrected chi connectivity index (χ1v) is 6.44. The number of nitrogens with zero attached hydrogens (tertiary/aromatic N) is 1. The molecule has 0 radical (unpaired) electrons. The summed E-state index contributed by atoms with van der Waals surface area (Å²) < 4.78 is 5.73. The Morgan fingerprint density at radius 3 is 2.71 bits per heavy atom. The highest BCUT2D eigenvalue weighted by molar-refractivity contribution is 5.28. The third-order valence-corrected chi connectivity index (χ3v) is 2.80. The summed E-state index contributed by atoms with van der Waals surface area (Å²) in [5, 5.41) is 0. The largest absolute Gasteiger partial charge is 0.492 e. The molecule has 2 N–H and O–H groups in total. The van der Waals surface area contributed by atoms with Crippen molar-refractivity contribution in [2.75, 3.05) is 26.2 Å². The zero-order valence-corrected chi connectivity index (χ0v) is 11.0. The van der Waals surface area contributed by atoms with Crippen molar-refractivity contribution >= 4 is 0 Å². The maximum absolute atomic E-state index is 5.73. The molecule has 0 aromatic heterocycles. The molecule has 17 heavy (non-hydrogen) atoms. The fourth-order valence-corrected chi connectivity index (χ4v) is 1.80. The summed E-state index contributed by atoms with van der Waals surface area (Å²) >= 11 is 0. The van der Waals surface area contributed by atoms with Gasteiger partial charge in [0.15, 0.2) is 0 Å². The van der Waals surface area contributed by atoms with Gasteiger partial charge in [0.2, 0.25) is 0 Å². The molecule has 1 aromatic rings. The van der Waals surface area contributed by atoms with Gasteiger partial charge in [-0.3, -0.25) is 0 Å². The van der Waals surface area contributed by atoms with Crippen LogP contribution in [0.3, 0.4) is 0 Å². The predicted octanol–water partition coefficient (Wildman–Crippen LogP) is 2.26. The summed E-state index contributed by atoms with van der Waals surface area (Å²) in [5.41, 5.74) is 6.71. The summed E-state index contributed by atoms with van der Waals surface area (Å²) in [5.74, 6) is 0.917. The van der Waals surface area contributed by atoms with Gasteiger partial charge in [-0.15, -0.1) is 0 Å². The lowest BCUT2D eigenvalue weighted by Gasteiger charge is -2.19. The Morgan fingerprint density at radius 1 is 1.24 bits per heavy atom. The van der Waals surface area contributed by atoms with E-state index < -0.39 is 0 Å². The standard InChI is InChI=1S/C14H24N2O/c1-3-8-16(4-2)9-10-17-14-7-5-6-13(11-14)12-15/h5-7,11H,3-4,8-10,12,15H2,1-2H3. The quantitative estimate of drug-likeness (QED) is 0.752. The van der Waals surface area contributed by atoms with Crippen molar-refractivity contribution in [3.8, 4) is 5.75 Å². The average Bonchev–Trinajstić information content (AvgIpc) is 2.38. The van der Waals surface area contributed by atoms with E-state index in [4.69, 9.17) is 10.5 Å². The smallest absolute Gasteiger partial charge is 0.119 e. The number of rotatable bonds is 8. The lowest BCUT2D eigenvalue weighted by molar-refractivity contribution is 0.216. The van der Waals surface area contributed by atoms with Crippen molar-refractivity contribution < 1.29 is 4.74 Å². The Labute approximate surface area is 105 Å². The van der Waals surface area contributed by atoms with Crippen LogP contribution < -0.4 is 10.5 Å². The summed E-state index contributed by atoms with van der Waals surface area (Å²) in [6.07, 6.45) is 1.19. The lowest BCUT2D eigenvalue weighted by atomic mass is 10.2. The van der Waals surface area contributed by atoms with Crippen LogP contribution >= 0.6 is 0 Å². The first kappa shape index (κ1) is 14.0. The molecule has 0 aliphatic carbocycles. The number of hydrogen-bond acceptors (Lipinski definition) is 3. The number of ether oxygens (including phenoxy) is 1. The Morgan fingerprint density at radius 2 is 2.06 bits per heavy atom. The molecule has 0 spiro atoms. The molecule has 1 rings (SSSR count). The fourth-order valence-electron chi connectivity index (χ4n) is 1.80. The van der Waals surface area contributed by atoms with Crippen molar-refractivity contribution in [3.63, 3.8) is 0 Å². The van der Waals surface area contributed by atoms with E-state index in [0.29, 0.717) is 6.54 Å². The average molecular weight is 236 g/mol. The van der Waals surface area contributed by atoms with Gasteiger partial charge in [0.05, 0.1) is 0 Å². The number of hydrogen-bond donors (Lipinski definition) is 1. The van der Waals surface area contributed by atoms with Crippen LogP contribution in [-0.4, -0.2) is 31.1 Å². The summed E-state index contributed by atoms with van der Waals surface area (Å²) in [7, 11) is 0. The van der Waals surface area contributed by atoms with Gasteiger partial charge in [-0.1, -0.05) is 26.0 Å². The third kappa shape index (κ3) is 5.20. The molecule has 0 saturated carbocycles. The molecule has 0 atom stereocenters. The van der Waals surface area contributed by atoms with E-state index in [1.54, 1.807) is 0 Å². The van der Waals surface area contributed by atoms with E-state index in [1.165, 1.54) is 6.42 Å². The Hall–Kier alpha value is -1.06. The lowest BCUT2D eigenvalue weighted by Crippen LogP contribution is -2.29. The minimum atomic E-state index is 0.564. The second kappa shape index (κ2) is 8.09. The SMILES string of the molecule is CCCN(CC)CCOc1cccc(CN)c1. The van der Waals surface area contributed by atoms with Gasteiger partial charge in [0.25, 0.3) is 0 Å². The van der Waals surface area contributed by atoms with Gasteiger partial charge in [-0.2, -0.15) is 0 Å². The van der Waals surface area contributed by atoms with Crippen LogP contribution in [0, 0.1) is 0 Å². The van der Waals surface area contributed by atoms with Crippen molar-refractivity contribution in [1.29, 1.82) is 0 Å². The fraction of sp³-hybridized carbons (Fsp3) is 0.571. The molecule has 0 unspecified atom stereocenters. The van der Waals surface area contributed by atoms with Crippen LogP contribution in [0.4, 0.5) is 0 Å².